The molecule has 5 nitrogen and oxygen atoms in total. The van der Waals surface area contributed by atoms with Crippen LogP contribution in [0.2, 0.25) is 0 Å². The number of hydrogen-bond donors (Lipinski definition) is 1. The van der Waals surface area contributed by atoms with E-state index in [0.29, 0.717) is 12.1 Å². The van der Waals surface area contributed by atoms with Crippen molar-refractivity contribution in [2.24, 2.45) is 5.73 Å². The first-order valence-corrected chi connectivity index (χ1v) is 6.50. The number of rotatable bonds is 1. The van der Waals surface area contributed by atoms with E-state index in [2.05, 4.69) is 21.9 Å². The quantitative estimate of drug-likeness (QED) is 0.824. The van der Waals surface area contributed by atoms with Gasteiger partial charge in [0.15, 0.2) is 5.65 Å². The summed E-state index contributed by atoms with van der Waals surface area (Å²) in [7, 11) is 0. The van der Waals surface area contributed by atoms with Crippen molar-refractivity contribution in [3.8, 4) is 0 Å². The van der Waals surface area contributed by atoms with Crippen LogP contribution >= 0.6 is 0 Å². The Morgan fingerprint density at radius 2 is 2.22 bits per heavy atom. The van der Waals surface area contributed by atoms with Gasteiger partial charge in [-0.05, 0) is 38.8 Å². The third kappa shape index (κ3) is 1.84. The van der Waals surface area contributed by atoms with Gasteiger partial charge in [-0.1, -0.05) is 6.07 Å². The fourth-order valence-electron chi connectivity index (χ4n) is 2.65. The number of hydrogen-bond acceptors (Lipinski definition) is 4. The van der Waals surface area contributed by atoms with E-state index in [1.165, 1.54) is 0 Å². The topological polar surface area (TPSA) is 59.5 Å². The highest BCUT2D eigenvalue weighted by Crippen LogP contribution is 2.22. The molecule has 0 spiro atoms. The Hall–Kier alpha value is -1.62. The van der Waals surface area contributed by atoms with Gasteiger partial charge in [0, 0.05) is 24.3 Å². The van der Waals surface area contributed by atoms with Crippen LogP contribution in [0.1, 0.15) is 25.5 Å². The molecule has 3 heterocycles. The highest BCUT2D eigenvalue weighted by atomic mass is 15.4. The van der Waals surface area contributed by atoms with Crippen molar-refractivity contribution >= 4 is 11.6 Å². The lowest BCUT2D eigenvalue weighted by molar-refractivity contribution is 0.424. The monoisotopic (exact) mass is 245 g/mol. The zero-order valence-electron chi connectivity index (χ0n) is 10.9. The van der Waals surface area contributed by atoms with E-state index in [-0.39, 0.29) is 0 Å². The maximum Gasteiger partial charge on any atom is 0.245 e. The summed E-state index contributed by atoms with van der Waals surface area (Å²) in [5, 5.41) is 4.60. The van der Waals surface area contributed by atoms with E-state index in [1.54, 1.807) is 0 Å². The van der Waals surface area contributed by atoms with Gasteiger partial charge in [-0.3, -0.25) is 0 Å². The molecule has 5 heteroatoms. The van der Waals surface area contributed by atoms with Gasteiger partial charge in [0.1, 0.15) is 0 Å². The van der Waals surface area contributed by atoms with Gasteiger partial charge in [0.05, 0.1) is 0 Å². The van der Waals surface area contributed by atoms with Gasteiger partial charge in [-0.2, -0.15) is 4.98 Å². The number of aryl methyl sites for hydroxylation is 1. The van der Waals surface area contributed by atoms with Crippen molar-refractivity contribution in [3.05, 3.63) is 23.9 Å². The largest absolute Gasteiger partial charge is 0.337 e. The SMILES string of the molecule is Cc1cccc2nc(N3CCC(N)CC3C)nn12. The molecule has 2 aromatic rings. The third-order valence-electron chi connectivity index (χ3n) is 3.71. The van der Waals surface area contributed by atoms with Crippen LogP contribution in [0.4, 0.5) is 5.95 Å². The predicted octanol–water partition coefficient (Wildman–Crippen LogP) is 1.35. The smallest absolute Gasteiger partial charge is 0.245 e. The fraction of sp³-hybridized carbons (Fsp3) is 0.538. The standard InChI is InChI=1S/C13H19N5/c1-9-4-3-5-12-15-13(16-18(9)12)17-7-6-11(14)8-10(17)2/h3-5,10-11H,6-8,14H2,1-2H3. The summed E-state index contributed by atoms with van der Waals surface area (Å²) in [6.07, 6.45) is 2.02. The van der Waals surface area contributed by atoms with E-state index in [9.17, 15) is 0 Å². The molecule has 0 saturated carbocycles. The lowest BCUT2D eigenvalue weighted by atomic mass is 10.00. The zero-order chi connectivity index (χ0) is 12.7. The normalized spacial score (nSPS) is 24.7. The Bertz CT molecular complexity index is 562. The van der Waals surface area contributed by atoms with Crippen LogP contribution in [0.5, 0.6) is 0 Å². The summed E-state index contributed by atoms with van der Waals surface area (Å²) >= 11 is 0. The van der Waals surface area contributed by atoms with Gasteiger partial charge in [-0.25, -0.2) is 4.52 Å². The molecule has 1 aliphatic heterocycles. The molecule has 96 valence electrons. The molecule has 1 aliphatic rings. The molecule has 2 atom stereocenters. The fourth-order valence-corrected chi connectivity index (χ4v) is 2.65. The Morgan fingerprint density at radius 1 is 1.39 bits per heavy atom. The molecule has 0 radical (unpaired) electrons. The van der Waals surface area contributed by atoms with Crippen LogP contribution in [0.25, 0.3) is 5.65 Å². The molecule has 2 unspecified atom stereocenters. The van der Waals surface area contributed by atoms with E-state index >= 15 is 0 Å². The van der Waals surface area contributed by atoms with E-state index in [1.807, 2.05) is 29.6 Å². The van der Waals surface area contributed by atoms with Crippen LogP contribution < -0.4 is 10.6 Å². The average Bonchev–Trinajstić information content (AvgIpc) is 2.74. The molecule has 2 aromatic heterocycles. The number of nitrogens with two attached hydrogens (primary N) is 1. The number of nitrogens with zero attached hydrogens (tertiary/aromatic N) is 4. The molecule has 18 heavy (non-hydrogen) atoms. The highest BCUT2D eigenvalue weighted by molar-refractivity contribution is 5.46. The third-order valence-corrected chi connectivity index (χ3v) is 3.71. The van der Waals surface area contributed by atoms with Gasteiger partial charge in [0.25, 0.3) is 0 Å². The summed E-state index contributed by atoms with van der Waals surface area (Å²) in [6, 6.07) is 6.77. The molecule has 0 aromatic carbocycles. The lowest BCUT2D eigenvalue weighted by Crippen LogP contribution is -2.46. The maximum absolute atomic E-state index is 5.99. The average molecular weight is 245 g/mol. The first kappa shape index (κ1) is 11.5. The Morgan fingerprint density at radius 3 is 2.94 bits per heavy atom. The van der Waals surface area contributed by atoms with Crippen LogP contribution in [0, 0.1) is 6.92 Å². The van der Waals surface area contributed by atoms with Crippen LogP contribution in [-0.2, 0) is 0 Å². The Kier molecular flexibility index (Phi) is 2.70. The van der Waals surface area contributed by atoms with Crippen molar-refractivity contribution in [3.63, 3.8) is 0 Å². The van der Waals surface area contributed by atoms with Crippen molar-refractivity contribution in [1.29, 1.82) is 0 Å². The van der Waals surface area contributed by atoms with E-state index in [4.69, 9.17) is 5.73 Å². The molecular formula is C13H19N5. The maximum atomic E-state index is 5.99. The number of aromatic nitrogens is 3. The van der Waals surface area contributed by atoms with Crippen molar-refractivity contribution in [2.45, 2.75) is 38.8 Å². The van der Waals surface area contributed by atoms with Gasteiger partial charge < -0.3 is 10.6 Å². The number of piperidine rings is 1. The molecule has 0 bridgehead atoms. The van der Waals surface area contributed by atoms with Crippen molar-refractivity contribution < 1.29 is 0 Å². The second-order valence-corrected chi connectivity index (χ2v) is 5.18. The number of pyridine rings is 1. The molecule has 1 fully saturated rings. The molecule has 0 amide bonds. The van der Waals surface area contributed by atoms with Crippen LogP contribution in [-0.4, -0.2) is 33.2 Å². The second-order valence-electron chi connectivity index (χ2n) is 5.18. The summed E-state index contributed by atoms with van der Waals surface area (Å²) in [6.45, 7) is 5.18. The van der Waals surface area contributed by atoms with Crippen LogP contribution in [0.3, 0.4) is 0 Å². The minimum Gasteiger partial charge on any atom is -0.337 e. The second kappa shape index (κ2) is 4.24. The number of fused-ring (bicyclic) bond motifs is 1. The Balaban J connectivity index is 1.97. The summed E-state index contributed by atoms with van der Waals surface area (Å²) < 4.78 is 1.90. The molecule has 0 aliphatic carbocycles. The Labute approximate surface area is 107 Å². The minimum atomic E-state index is 0.315. The summed E-state index contributed by atoms with van der Waals surface area (Å²) in [5.41, 5.74) is 8.01. The van der Waals surface area contributed by atoms with Crippen molar-refractivity contribution in [1.82, 2.24) is 14.6 Å². The first-order valence-electron chi connectivity index (χ1n) is 6.50. The summed E-state index contributed by atoms with van der Waals surface area (Å²) in [4.78, 5) is 6.87. The highest BCUT2D eigenvalue weighted by Gasteiger charge is 2.26. The molecule has 3 rings (SSSR count). The minimum absolute atomic E-state index is 0.315. The first-order chi connectivity index (χ1) is 8.65. The lowest BCUT2D eigenvalue weighted by Gasteiger charge is -2.35. The van der Waals surface area contributed by atoms with Gasteiger partial charge in [-0.15, -0.1) is 5.10 Å². The molecule has 1 saturated heterocycles. The molecular weight excluding hydrogens is 226 g/mol. The van der Waals surface area contributed by atoms with Crippen molar-refractivity contribution in [2.75, 3.05) is 11.4 Å². The van der Waals surface area contributed by atoms with E-state index < -0.39 is 0 Å². The summed E-state index contributed by atoms with van der Waals surface area (Å²) in [5.74, 6) is 0.823. The van der Waals surface area contributed by atoms with Crippen LogP contribution in [0.15, 0.2) is 18.2 Å². The zero-order valence-corrected chi connectivity index (χ0v) is 10.9. The van der Waals surface area contributed by atoms with Gasteiger partial charge >= 0.3 is 0 Å². The van der Waals surface area contributed by atoms with E-state index in [0.717, 1.165) is 36.7 Å². The van der Waals surface area contributed by atoms with Gasteiger partial charge in [0.2, 0.25) is 5.95 Å². The number of anilines is 1. The predicted molar refractivity (Wildman–Crippen MR) is 71.7 cm³/mol. The molecule has 2 N–H and O–H groups in total.